The summed E-state index contributed by atoms with van der Waals surface area (Å²) in [6.07, 6.45) is 0.539. The molecule has 6 heteroatoms. The van der Waals surface area contributed by atoms with Crippen molar-refractivity contribution in [2.45, 2.75) is 25.4 Å². The minimum Gasteiger partial charge on any atom is -0.326 e. The topological polar surface area (TPSA) is 66.8 Å². The minimum atomic E-state index is -0.831. The van der Waals surface area contributed by atoms with Crippen molar-refractivity contribution in [2.24, 2.45) is 5.18 Å². The molecule has 1 aromatic rings. The molecule has 0 saturated carbocycles. The van der Waals surface area contributed by atoms with E-state index in [1.165, 1.54) is 29.2 Å². The molecule has 0 aliphatic carbocycles. The van der Waals surface area contributed by atoms with Crippen LogP contribution >= 0.6 is 0 Å². The summed E-state index contributed by atoms with van der Waals surface area (Å²) < 4.78 is 12.7. The van der Waals surface area contributed by atoms with E-state index in [2.05, 4.69) is 5.18 Å². The van der Waals surface area contributed by atoms with Crippen molar-refractivity contribution in [3.63, 3.8) is 0 Å². The Balaban J connectivity index is 2.15. The second-order valence-corrected chi connectivity index (χ2v) is 4.13. The highest BCUT2D eigenvalue weighted by atomic mass is 19.1. The number of hydrogen-bond acceptors (Lipinski definition) is 3. The van der Waals surface area contributed by atoms with Crippen LogP contribution in [-0.2, 0) is 16.1 Å². The van der Waals surface area contributed by atoms with Gasteiger partial charge >= 0.3 is 5.91 Å². The maximum absolute atomic E-state index is 12.7. The zero-order valence-electron chi connectivity index (χ0n) is 9.51. The Bertz CT molecular complexity index is 487. The summed E-state index contributed by atoms with van der Waals surface area (Å²) >= 11 is 0. The van der Waals surface area contributed by atoms with Crippen LogP contribution in [0.1, 0.15) is 18.4 Å². The van der Waals surface area contributed by atoms with Gasteiger partial charge in [0.1, 0.15) is 11.9 Å². The number of carbonyl (C=O) groups excluding carboxylic acids is 2. The van der Waals surface area contributed by atoms with Gasteiger partial charge in [0.15, 0.2) is 0 Å². The second kappa shape index (κ2) is 5.03. The summed E-state index contributed by atoms with van der Waals surface area (Å²) in [6.45, 7) is 0.186. The van der Waals surface area contributed by atoms with Crippen LogP contribution in [0.5, 0.6) is 0 Å². The van der Waals surface area contributed by atoms with Crippen LogP contribution in [0.15, 0.2) is 29.4 Å². The predicted octanol–water partition coefficient (Wildman–Crippen LogP) is 1.61. The zero-order valence-corrected chi connectivity index (χ0v) is 9.51. The van der Waals surface area contributed by atoms with E-state index in [1.807, 2.05) is 0 Å². The van der Waals surface area contributed by atoms with Gasteiger partial charge < -0.3 is 4.90 Å². The normalized spacial score (nSPS) is 19.1. The van der Waals surface area contributed by atoms with E-state index in [0.29, 0.717) is 12.0 Å². The number of halogens is 1. The number of likely N-dealkylation sites (tertiary alicyclic amines) is 1. The van der Waals surface area contributed by atoms with Gasteiger partial charge in [-0.2, -0.15) is 0 Å². The summed E-state index contributed by atoms with van der Waals surface area (Å²) in [7, 11) is 0. The smallest absolute Gasteiger partial charge is 0.308 e. The quantitative estimate of drug-likeness (QED) is 0.765. The van der Waals surface area contributed by atoms with Gasteiger partial charge in [0.05, 0.1) is 0 Å². The fraction of sp³-hybridized carbons (Fsp3) is 0.333. The molecule has 1 atom stereocenters. The molecule has 0 unspecified atom stereocenters. The summed E-state index contributed by atoms with van der Waals surface area (Å²) in [5.74, 6) is -1.39. The van der Waals surface area contributed by atoms with Crippen LogP contribution in [0.3, 0.4) is 0 Å². The molecule has 2 rings (SSSR count). The lowest BCUT2D eigenvalue weighted by molar-refractivity contribution is -0.134. The molecule has 1 aliphatic rings. The van der Waals surface area contributed by atoms with Gasteiger partial charge in [-0.3, -0.25) is 9.59 Å². The fourth-order valence-electron chi connectivity index (χ4n) is 2.04. The van der Waals surface area contributed by atoms with E-state index in [4.69, 9.17) is 0 Å². The van der Waals surface area contributed by atoms with Gasteiger partial charge in [-0.25, -0.2) is 4.39 Å². The molecular formula is C12H11FN2O3. The Morgan fingerprint density at radius 3 is 2.67 bits per heavy atom. The molecule has 18 heavy (non-hydrogen) atoms. The SMILES string of the molecule is O=NC(=O)[C@@H]1CCC(=O)N1Cc1ccc(F)cc1. The zero-order chi connectivity index (χ0) is 13.1. The molecule has 0 aromatic heterocycles. The van der Waals surface area contributed by atoms with Crippen LogP contribution in [0, 0.1) is 10.7 Å². The Kier molecular flexibility index (Phi) is 3.45. The largest absolute Gasteiger partial charge is 0.326 e. The highest BCUT2D eigenvalue weighted by molar-refractivity contribution is 5.91. The first-order valence-electron chi connectivity index (χ1n) is 5.53. The van der Waals surface area contributed by atoms with Crippen molar-refractivity contribution in [1.29, 1.82) is 0 Å². The molecular weight excluding hydrogens is 239 g/mol. The lowest BCUT2D eigenvalue weighted by atomic mass is 10.1. The van der Waals surface area contributed by atoms with Gasteiger partial charge in [-0.15, -0.1) is 4.91 Å². The molecule has 0 bridgehead atoms. The molecule has 1 fully saturated rings. The molecule has 1 saturated heterocycles. The van der Waals surface area contributed by atoms with Crippen LogP contribution < -0.4 is 0 Å². The highest BCUT2D eigenvalue weighted by Gasteiger charge is 2.36. The molecule has 2 amide bonds. The molecule has 0 N–H and O–H groups in total. The first kappa shape index (κ1) is 12.3. The molecule has 1 aliphatic heterocycles. The summed E-state index contributed by atoms with van der Waals surface area (Å²) in [5.41, 5.74) is 0.704. The van der Waals surface area contributed by atoms with E-state index in [9.17, 15) is 18.9 Å². The number of nitrogens with zero attached hydrogens (tertiary/aromatic N) is 2. The van der Waals surface area contributed by atoms with Gasteiger partial charge in [-0.1, -0.05) is 12.1 Å². The van der Waals surface area contributed by atoms with E-state index >= 15 is 0 Å². The molecule has 5 nitrogen and oxygen atoms in total. The standard InChI is InChI=1S/C12H11FN2O3/c13-9-3-1-8(2-4-9)7-15-10(12(17)14-18)5-6-11(15)16/h1-4,10H,5-7H2/t10-/m0/s1. The highest BCUT2D eigenvalue weighted by Crippen LogP contribution is 2.22. The Hall–Kier alpha value is -2.11. The molecule has 0 radical (unpaired) electrons. The first-order chi connectivity index (χ1) is 8.61. The van der Waals surface area contributed by atoms with E-state index in [0.717, 1.165) is 0 Å². The number of hydrogen-bond donors (Lipinski definition) is 0. The van der Waals surface area contributed by atoms with Gasteiger partial charge in [-0.05, 0) is 24.1 Å². The van der Waals surface area contributed by atoms with E-state index in [1.54, 1.807) is 0 Å². The van der Waals surface area contributed by atoms with Crippen molar-refractivity contribution in [2.75, 3.05) is 0 Å². The number of rotatable bonds is 3. The average Bonchev–Trinajstić information content (AvgIpc) is 2.73. The Labute approximate surface area is 103 Å². The first-order valence-corrected chi connectivity index (χ1v) is 5.53. The number of nitroso groups, excluding NO2 is 1. The third-order valence-corrected chi connectivity index (χ3v) is 2.97. The molecule has 94 valence electrons. The molecule has 0 spiro atoms. The van der Waals surface area contributed by atoms with Crippen molar-refractivity contribution in [1.82, 2.24) is 4.90 Å². The number of amides is 2. The van der Waals surface area contributed by atoms with Gasteiger partial charge in [0, 0.05) is 18.1 Å². The van der Waals surface area contributed by atoms with E-state index < -0.39 is 11.9 Å². The number of carbonyl (C=O) groups is 2. The summed E-state index contributed by atoms with van der Waals surface area (Å²) in [5, 5.41) is 2.37. The van der Waals surface area contributed by atoms with Crippen molar-refractivity contribution < 1.29 is 14.0 Å². The van der Waals surface area contributed by atoms with Gasteiger partial charge in [0.2, 0.25) is 5.91 Å². The Morgan fingerprint density at radius 1 is 1.39 bits per heavy atom. The maximum atomic E-state index is 12.7. The predicted molar refractivity (Wildman–Crippen MR) is 60.8 cm³/mol. The van der Waals surface area contributed by atoms with Crippen molar-refractivity contribution in [3.05, 3.63) is 40.6 Å². The second-order valence-electron chi connectivity index (χ2n) is 4.13. The Morgan fingerprint density at radius 2 is 2.06 bits per heavy atom. The van der Waals surface area contributed by atoms with E-state index in [-0.39, 0.29) is 24.7 Å². The third-order valence-electron chi connectivity index (χ3n) is 2.97. The lowest BCUT2D eigenvalue weighted by Gasteiger charge is -2.21. The lowest BCUT2D eigenvalue weighted by Crippen LogP contribution is -2.37. The average molecular weight is 250 g/mol. The molecule has 1 heterocycles. The fourth-order valence-corrected chi connectivity index (χ4v) is 2.04. The van der Waals surface area contributed by atoms with Crippen molar-refractivity contribution in [3.8, 4) is 0 Å². The molecule has 1 aromatic carbocycles. The van der Waals surface area contributed by atoms with Crippen LogP contribution in [0.4, 0.5) is 4.39 Å². The number of benzene rings is 1. The minimum absolute atomic E-state index is 0.186. The van der Waals surface area contributed by atoms with Crippen LogP contribution in [-0.4, -0.2) is 22.8 Å². The monoisotopic (exact) mass is 250 g/mol. The summed E-state index contributed by atoms with van der Waals surface area (Å²) in [4.78, 5) is 34.5. The van der Waals surface area contributed by atoms with Crippen molar-refractivity contribution >= 4 is 11.8 Å². The maximum Gasteiger partial charge on any atom is 0.308 e. The third kappa shape index (κ3) is 2.42. The van der Waals surface area contributed by atoms with Crippen LogP contribution in [0.25, 0.3) is 0 Å². The summed E-state index contributed by atoms with van der Waals surface area (Å²) in [6, 6.07) is 4.86. The van der Waals surface area contributed by atoms with Crippen LogP contribution in [0.2, 0.25) is 0 Å². The van der Waals surface area contributed by atoms with Gasteiger partial charge in [0.25, 0.3) is 0 Å².